The normalized spacial score (nSPS) is 21.9. The molecule has 4 heterocycles. The summed E-state index contributed by atoms with van der Waals surface area (Å²) >= 11 is 2.46. The highest BCUT2D eigenvalue weighted by Crippen LogP contribution is 2.67. The van der Waals surface area contributed by atoms with Crippen molar-refractivity contribution >= 4 is 80.5 Å². The van der Waals surface area contributed by atoms with Gasteiger partial charge in [-0.2, -0.15) is 14.0 Å². The molecular formula is C46H57F2N4O10PS3. The molecule has 66 heavy (non-hydrogen) atoms. The van der Waals surface area contributed by atoms with Crippen molar-refractivity contribution in [2.24, 2.45) is 16.7 Å². The number of thiophene rings is 1. The number of aliphatic hydroxyl groups excluding tert-OH is 2. The number of amides is 3. The smallest absolute Gasteiger partial charge is 0.395 e. The van der Waals surface area contributed by atoms with Gasteiger partial charge in [-0.05, 0) is 82.5 Å². The summed E-state index contributed by atoms with van der Waals surface area (Å²) in [5, 5.41) is 31.3. The molecule has 6 rings (SSSR count). The number of likely N-dealkylation sites (tertiary alicyclic amines) is 1. The van der Waals surface area contributed by atoms with Gasteiger partial charge in [0.25, 0.3) is 5.91 Å². The van der Waals surface area contributed by atoms with Crippen LogP contribution in [0.15, 0.2) is 54.6 Å². The first-order valence-corrected chi connectivity index (χ1v) is 26.3. The summed E-state index contributed by atoms with van der Waals surface area (Å²) in [7, 11) is -5.38. The van der Waals surface area contributed by atoms with Crippen molar-refractivity contribution in [3.63, 3.8) is 0 Å². The number of benzene rings is 2. The Morgan fingerprint density at radius 1 is 0.894 bits per heavy atom. The maximum atomic E-state index is 16.5. The lowest BCUT2D eigenvalue weighted by Crippen LogP contribution is -2.56. The van der Waals surface area contributed by atoms with Crippen LogP contribution in [-0.2, 0) is 38.5 Å². The second-order valence-corrected chi connectivity index (χ2v) is 23.5. The molecule has 0 bridgehead atoms. The average Bonchev–Trinajstić information content (AvgIpc) is 4.06. The minimum atomic E-state index is -5.38. The molecule has 20 heteroatoms. The highest BCUT2D eigenvalue weighted by Gasteiger charge is 2.55. The number of nitrogens with one attached hydrogen (secondary N) is 1. The van der Waals surface area contributed by atoms with E-state index in [9.17, 15) is 44.0 Å². The maximum absolute atomic E-state index is 16.5. The first-order valence-electron chi connectivity index (χ1n) is 22.0. The molecule has 0 radical (unpaired) electrons. The summed E-state index contributed by atoms with van der Waals surface area (Å²) in [5.74, 6) is -2.08. The summed E-state index contributed by atoms with van der Waals surface area (Å²) in [4.78, 5) is 70.9. The van der Waals surface area contributed by atoms with E-state index in [1.165, 1.54) is 39.8 Å². The molecule has 5 atom stereocenters. The van der Waals surface area contributed by atoms with Gasteiger partial charge in [-0.15, -0.1) is 11.3 Å². The zero-order valence-corrected chi connectivity index (χ0v) is 40.8. The van der Waals surface area contributed by atoms with Gasteiger partial charge in [-0.25, -0.2) is 0 Å². The van der Waals surface area contributed by atoms with Gasteiger partial charge in [0.05, 0.1) is 54.1 Å². The van der Waals surface area contributed by atoms with Gasteiger partial charge in [0.2, 0.25) is 11.8 Å². The number of aliphatic hydroxyl groups is 2. The summed E-state index contributed by atoms with van der Waals surface area (Å²) in [6.45, 7) is 4.62. The molecular weight excluding hydrogens is 934 g/mol. The molecule has 3 fully saturated rings. The van der Waals surface area contributed by atoms with E-state index in [0.717, 1.165) is 65.4 Å². The monoisotopic (exact) mass is 990 g/mol. The standard InChI is InChI=1S/C46H57F2N4O10PS3/c1-44(2,27-53)42(58)64-20-18-61-63(60,62-19-21-65-43(59)45(3,4)28-54)46(47,48)32-14-17-37-30(22-32)23-38(66-37)39(55)50-35-13-9-8-12-33-15-16-36(52(33)40(35)56)41(57)51-25-31(24-49)34(26-51)29-10-6-5-7-11-29/h5-7,10-11,14,17,22-23,31,33-36,53-54H,8-9,12-13,15-16,18-21,25-28H2,1-4H3,(H,50,55)/t31-,33-,34+,35-,36-/m0/s1. The number of nitriles is 1. The highest BCUT2D eigenvalue weighted by atomic mass is 32.2. The largest absolute Gasteiger partial charge is 0.404 e. The molecule has 3 amide bonds. The van der Waals surface area contributed by atoms with Crippen molar-refractivity contribution in [3.05, 3.63) is 70.6 Å². The van der Waals surface area contributed by atoms with E-state index in [1.54, 1.807) is 9.80 Å². The van der Waals surface area contributed by atoms with Crippen LogP contribution in [0.2, 0.25) is 0 Å². The Hall–Kier alpha value is -3.73. The molecule has 0 unspecified atom stereocenters. The van der Waals surface area contributed by atoms with E-state index >= 15 is 8.78 Å². The number of alkyl halides is 2. The lowest BCUT2D eigenvalue weighted by Gasteiger charge is -2.36. The van der Waals surface area contributed by atoms with Crippen molar-refractivity contribution in [3.8, 4) is 6.07 Å². The van der Waals surface area contributed by atoms with Gasteiger partial charge in [0, 0.05) is 46.8 Å². The minimum Gasteiger partial charge on any atom is -0.395 e. The quantitative estimate of drug-likeness (QED) is 0.0834. The average molecular weight is 991 g/mol. The number of carbonyl (C=O) groups excluding carboxylic acids is 5. The fourth-order valence-electron chi connectivity index (χ4n) is 8.30. The zero-order valence-electron chi connectivity index (χ0n) is 37.4. The third-order valence-electron chi connectivity index (χ3n) is 12.4. The Morgan fingerprint density at radius 3 is 2.12 bits per heavy atom. The van der Waals surface area contributed by atoms with E-state index in [-0.39, 0.29) is 52.1 Å². The number of hydrogen-bond donors (Lipinski definition) is 3. The van der Waals surface area contributed by atoms with Gasteiger partial charge >= 0.3 is 13.3 Å². The third kappa shape index (κ3) is 11.4. The molecule has 1 aromatic heterocycles. The van der Waals surface area contributed by atoms with E-state index in [2.05, 4.69) is 11.4 Å². The molecule has 0 saturated carbocycles. The summed E-state index contributed by atoms with van der Waals surface area (Å²) < 4.78 is 58.2. The van der Waals surface area contributed by atoms with Crippen LogP contribution in [0.25, 0.3) is 10.1 Å². The summed E-state index contributed by atoms with van der Waals surface area (Å²) in [5.41, 5.74) is -6.23. The minimum absolute atomic E-state index is 0.133. The first-order chi connectivity index (χ1) is 31.3. The molecule has 3 aliphatic rings. The molecule has 0 aliphatic carbocycles. The topological polar surface area (TPSA) is 204 Å². The number of halogens is 2. The Morgan fingerprint density at radius 2 is 1.52 bits per heavy atom. The lowest BCUT2D eigenvalue weighted by molar-refractivity contribution is -0.146. The van der Waals surface area contributed by atoms with E-state index in [0.29, 0.717) is 36.9 Å². The third-order valence-corrected chi connectivity index (χ3v) is 17.9. The van der Waals surface area contributed by atoms with Crippen molar-refractivity contribution in [1.82, 2.24) is 15.1 Å². The fourth-order valence-corrected chi connectivity index (χ4v) is 12.6. The van der Waals surface area contributed by atoms with Crippen LogP contribution in [0.3, 0.4) is 0 Å². The van der Waals surface area contributed by atoms with Crippen LogP contribution in [0.1, 0.15) is 92.9 Å². The lowest BCUT2D eigenvalue weighted by atomic mass is 9.90. The van der Waals surface area contributed by atoms with Crippen LogP contribution in [0.4, 0.5) is 8.78 Å². The van der Waals surface area contributed by atoms with Gasteiger partial charge in [0.15, 0.2) is 10.2 Å². The summed E-state index contributed by atoms with van der Waals surface area (Å²) in [6.07, 6.45) is 3.60. The Kier molecular flexibility index (Phi) is 17.0. The molecule has 358 valence electrons. The number of rotatable bonds is 18. The zero-order chi connectivity index (χ0) is 48.0. The Balaban J connectivity index is 1.16. The van der Waals surface area contributed by atoms with Crippen molar-refractivity contribution in [2.45, 2.75) is 95.9 Å². The van der Waals surface area contributed by atoms with Gasteiger partial charge in [0.1, 0.15) is 12.1 Å². The van der Waals surface area contributed by atoms with Crippen LogP contribution < -0.4 is 5.32 Å². The van der Waals surface area contributed by atoms with Crippen LogP contribution in [0.5, 0.6) is 0 Å². The van der Waals surface area contributed by atoms with Crippen LogP contribution in [-0.4, -0.2) is 117 Å². The molecule has 3 saturated heterocycles. The SMILES string of the molecule is CC(C)(CO)C(=O)SCCOP(=O)(OCCSC(=O)C(C)(C)CO)C(F)(F)c1ccc2sc(C(=O)N[C@H]3CCCC[C@H]4CC[C@@H](C(=O)N5C[C@H](c6ccccc6)[C@@H](C#N)C5)N4C3=O)cc2c1. The van der Waals surface area contributed by atoms with Crippen LogP contribution >= 0.6 is 42.5 Å². The highest BCUT2D eigenvalue weighted by molar-refractivity contribution is 8.14. The van der Waals surface area contributed by atoms with Crippen molar-refractivity contribution in [1.29, 1.82) is 5.26 Å². The number of nitrogens with zero attached hydrogens (tertiary/aromatic N) is 3. The summed E-state index contributed by atoms with van der Waals surface area (Å²) in [6, 6.07) is 15.0. The van der Waals surface area contributed by atoms with Crippen molar-refractivity contribution < 1.29 is 56.6 Å². The second-order valence-electron chi connectivity index (χ2n) is 18.2. The van der Waals surface area contributed by atoms with E-state index in [4.69, 9.17) is 9.05 Å². The van der Waals surface area contributed by atoms with E-state index in [1.807, 2.05) is 30.3 Å². The predicted octanol–water partition coefficient (Wildman–Crippen LogP) is 7.53. The second kappa shape index (κ2) is 21.7. The number of thioether (sulfide) groups is 2. The molecule has 0 spiro atoms. The number of fused-ring (bicyclic) bond motifs is 2. The van der Waals surface area contributed by atoms with Gasteiger partial charge in [-0.1, -0.05) is 72.8 Å². The fraction of sp³-hybridized carbons (Fsp3) is 0.565. The number of hydrogen-bond acceptors (Lipinski definition) is 14. The molecule has 3 N–H and O–H groups in total. The van der Waals surface area contributed by atoms with Gasteiger partial charge in [-0.3, -0.25) is 28.5 Å². The van der Waals surface area contributed by atoms with Crippen molar-refractivity contribution in [2.75, 3.05) is 51.0 Å². The van der Waals surface area contributed by atoms with Gasteiger partial charge < -0.3 is 34.4 Å². The Bertz CT molecular complexity index is 2320. The molecule has 2 aromatic carbocycles. The predicted molar refractivity (Wildman–Crippen MR) is 250 cm³/mol. The van der Waals surface area contributed by atoms with E-state index < -0.39 is 90.2 Å². The van der Waals surface area contributed by atoms with Crippen LogP contribution in [0, 0.1) is 28.1 Å². The first kappa shape index (κ1) is 51.7. The number of carbonyl (C=O) groups is 5. The molecule has 14 nitrogen and oxygen atoms in total. The molecule has 3 aromatic rings. The Labute approximate surface area is 396 Å². The molecule has 3 aliphatic heterocycles. The maximum Gasteiger partial charge on any atom is 0.404 e.